The lowest BCUT2D eigenvalue weighted by atomic mass is 10.1. The van der Waals surface area contributed by atoms with Crippen molar-refractivity contribution in [1.29, 1.82) is 0 Å². The fraction of sp³-hybridized carbons (Fsp3) is 0.273. The van der Waals surface area contributed by atoms with Gasteiger partial charge in [-0.1, -0.05) is 24.6 Å². The number of pyridine rings is 1. The molecule has 1 aromatic carbocycles. The normalized spacial score (nSPS) is 15.0. The van der Waals surface area contributed by atoms with Crippen molar-refractivity contribution in [3.8, 4) is 5.75 Å². The van der Waals surface area contributed by atoms with Crippen molar-refractivity contribution >= 4 is 34.1 Å². The van der Waals surface area contributed by atoms with Crippen LogP contribution in [0.4, 0.5) is 0 Å². The van der Waals surface area contributed by atoms with Gasteiger partial charge in [0.2, 0.25) is 5.91 Å². The number of nitrogens with zero attached hydrogens (tertiary/aromatic N) is 2. The Morgan fingerprint density at radius 2 is 2.21 bits per heavy atom. The summed E-state index contributed by atoms with van der Waals surface area (Å²) in [6.07, 6.45) is 5.83. The summed E-state index contributed by atoms with van der Waals surface area (Å²) in [4.78, 5) is 20.0. The lowest BCUT2D eigenvalue weighted by Gasteiger charge is -2.08. The van der Waals surface area contributed by atoms with Gasteiger partial charge in [-0.15, -0.1) is 0 Å². The maximum absolute atomic E-state index is 12.1. The minimum absolute atomic E-state index is 0.116. The summed E-state index contributed by atoms with van der Waals surface area (Å²) in [5.41, 5.74) is 3.39. The molecule has 1 aliphatic carbocycles. The first-order valence-corrected chi connectivity index (χ1v) is 10.0. The minimum atomic E-state index is -0.172. The van der Waals surface area contributed by atoms with E-state index in [9.17, 15) is 4.79 Å². The summed E-state index contributed by atoms with van der Waals surface area (Å²) in [6, 6.07) is 11.6. The number of hydrogen-bond acceptors (Lipinski definition) is 3. The predicted octanol–water partition coefficient (Wildman–Crippen LogP) is 4.46. The predicted molar refractivity (Wildman–Crippen MR) is 112 cm³/mol. The molecule has 3 heterocycles. The van der Waals surface area contributed by atoms with Gasteiger partial charge in [0.05, 0.1) is 17.3 Å². The van der Waals surface area contributed by atoms with Crippen molar-refractivity contribution in [1.82, 2.24) is 19.7 Å². The molecule has 1 fully saturated rings. The molecule has 4 aromatic rings. The first-order valence-electron chi connectivity index (χ1n) is 9.65. The van der Waals surface area contributed by atoms with E-state index in [0.717, 1.165) is 40.8 Å². The summed E-state index contributed by atoms with van der Waals surface area (Å²) in [5.74, 6) is 0.713. The smallest absolute Gasteiger partial charge is 0.226 e. The second-order valence-electron chi connectivity index (χ2n) is 7.89. The molecule has 148 valence electrons. The molecule has 0 bridgehead atoms. The van der Waals surface area contributed by atoms with Crippen LogP contribution < -0.4 is 10.1 Å². The Bertz CT molecular complexity index is 1190. The van der Waals surface area contributed by atoms with Gasteiger partial charge in [-0.3, -0.25) is 4.79 Å². The number of carbonyl (C=O) groups excluding carboxylic acids is 1. The molecule has 1 saturated carbocycles. The van der Waals surface area contributed by atoms with Gasteiger partial charge < -0.3 is 19.4 Å². The van der Waals surface area contributed by atoms with Crippen LogP contribution in [-0.2, 0) is 17.9 Å². The van der Waals surface area contributed by atoms with Gasteiger partial charge in [0.15, 0.2) is 0 Å². The number of aromatic amines is 1. The molecule has 1 aliphatic rings. The van der Waals surface area contributed by atoms with E-state index >= 15 is 0 Å². The third-order valence-electron chi connectivity index (χ3n) is 5.51. The van der Waals surface area contributed by atoms with Gasteiger partial charge in [-0.05, 0) is 37.1 Å². The number of ether oxygens (including phenoxy) is 1. The second kappa shape index (κ2) is 6.81. The lowest BCUT2D eigenvalue weighted by molar-refractivity contribution is -0.125. The molecule has 2 N–H and O–H groups in total. The number of benzene rings is 1. The summed E-state index contributed by atoms with van der Waals surface area (Å²) < 4.78 is 7.88. The average molecular weight is 409 g/mol. The van der Waals surface area contributed by atoms with Gasteiger partial charge in [0.25, 0.3) is 0 Å². The highest BCUT2D eigenvalue weighted by Gasteiger charge is 2.44. The van der Waals surface area contributed by atoms with Crippen LogP contribution in [0.1, 0.15) is 31.2 Å². The molecule has 0 aliphatic heterocycles. The Morgan fingerprint density at radius 1 is 1.34 bits per heavy atom. The molecule has 3 aromatic heterocycles. The first kappa shape index (κ1) is 18.1. The summed E-state index contributed by atoms with van der Waals surface area (Å²) >= 11 is 6.42. The zero-order valence-corrected chi connectivity index (χ0v) is 16.8. The Kier molecular flexibility index (Phi) is 4.24. The third kappa shape index (κ3) is 3.56. The van der Waals surface area contributed by atoms with Crippen molar-refractivity contribution in [2.45, 2.75) is 32.9 Å². The highest BCUT2D eigenvalue weighted by atomic mass is 35.5. The van der Waals surface area contributed by atoms with Gasteiger partial charge in [0.1, 0.15) is 18.0 Å². The largest absolute Gasteiger partial charge is 0.486 e. The lowest BCUT2D eigenvalue weighted by Crippen LogP contribution is -2.29. The quantitative estimate of drug-likeness (QED) is 0.494. The topological polar surface area (TPSA) is 71.4 Å². The number of imidazole rings is 1. The maximum Gasteiger partial charge on any atom is 0.226 e. The third-order valence-corrected chi connectivity index (χ3v) is 5.80. The van der Waals surface area contributed by atoms with Crippen molar-refractivity contribution in [2.24, 2.45) is 5.41 Å². The first-order chi connectivity index (χ1) is 14.0. The van der Waals surface area contributed by atoms with Crippen LogP contribution in [0.15, 0.2) is 48.8 Å². The Morgan fingerprint density at radius 3 is 3.00 bits per heavy atom. The van der Waals surface area contributed by atoms with Crippen molar-refractivity contribution < 1.29 is 9.53 Å². The SMILES string of the molecule is CC1(C(=O)NCc2cc3cc(Cl)c(OCc4cn5ccccc5n4)cc3[nH]2)CC1. The number of amides is 1. The number of hydrogen-bond donors (Lipinski definition) is 2. The highest BCUT2D eigenvalue weighted by Crippen LogP contribution is 2.45. The van der Waals surface area contributed by atoms with Crippen LogP contribution in [0.3, 0.4) is 0 Å². The molecule has 0 spiro atoms. The van der Waals surface area contributed by atoms with Gasteiger partial charge in [-0.25, -0.2) is 4.98 Å². The summed E-state index contributed by atoms with van der Waals surface area (Å²) in [6.45, 7) is 2.80. The zero-order chi connectivity index (χ0) is 20.0. The van der Waals surface area contributed by atoms with E-state index in [2.05, 4.69) is 15.3 Å². The van der Waals surface area contributed by atoms with Crippen LogP contribution in [0.2, 0.25) is 5.02 Å². The molecule has 0 unspecified atom stereocenters. The number of halogens is 1. The van der Waals surface area contributed by atoms with Crippen molar-refractivity contribution in [2.75, 3.05) is 0 Å². The number of H-pyrrole nitrogens is 1. The monoisotopic (exact) mass is 408 g/mol. The standard InChI is InChI=1S/C22H21ClN4O2/c1-22(5-6-22)21(28)24-11-15-8-14-9-17(23)19(10-18(14)25-15)29-13-16-12-27-7-3-2-4-20(27)26-16/h2-4,7-10,12,25H,5-6,11,13H2,1H3,(H,24,28). The molecular weight excluding hydrogens is 388 g/mol. The van der Waals surface area contributed by atoms with E-state index in [4.69, 9.17) is 16.3 Å². The van der Waals surface area contributed by atoms with E-state index in [1.165, 1.54) is 0 Å². The van der Waals surface area contributed by atoms with E-state index in [1.807, 2.05) is 60.1 Å². The maximum atomic E-state index is 12.1. The fourth-order valence-electron chi connectivity index (χ4n) is 3.41. The molecule has 1 amide bonds. The van der Waals surface area contributed by atoms with E-state index in [1.54, 1.807) is 0 Å². The molecule has 0 radical (unpaired) electrons. The van der Waals surface area contributed by atoms with Gasteiger partial charge in [-0.2, -0.15) is 0 Å². The average Bonchev–Trinajstić information content (AvgIpc) is 3.15. The fourth-order valence-corrected chi connectivity index (χ4v) is 3.64. The van der Waals surface area contributed by atoms with E-state index in [-0.39, 0.29) is 11.3 Å². The number of aromatic nitrogens is 3. The van der Waals surface area contributed by atoms with E-state index < -0.39 is 0 Å². The van der Waals surface area contributed by atoms with Crippen molar-refractivity contribution in [3.05, 3.63) is 65.2 Å². The van der Waals surface area contributed by atoms with Crippen LogP contribution in [0.25, 0.3) is 16.6 Å². The number of fused-ring (bicyclic) bond motifs is 2. The van der Waals surface area contributed by atoms with Gasteiger partial charge >= 0.3 is 0 Å². The van der Waals surface area contributed by atoms with E-state index in [0.29, 0.717) is 23.9 Å². The van der Waals surface area contributed by atoms with Crippen LogP contribution in [0.5, 0.6) is 5.75 Å². The molecule has 6 nitrogen and oxygen atoms in total. The Hall–Kier alpha value is -2.99. The summed E-state index contributed by atoms with van der Waals surface area (Å²) in [7, 11) is 0. The summed E-state index contributed by atoms with van der Waals surface area (Å²) in [5, 5.41) is 4.53. The molecule has 29 heavy (non-hydrogen) atoms. The number of carbonyl (C=O) groups is 1. The van der Waals surface area contributed by atoms with Crippen LogP contribution >= 0.6 is 11.6 Å². The zero-order valence-electron chi connectivity index (χ0n) is 16.0. The highest BCUT2D eigenvalue weighted by molar-refractivity contribution is 6.32. The number of rotatable bonds is 6. The Balaban J connectivity index is 1.30. The van der Waals surface area contributed by atoms with Gasteiger partial charge in [0, 0.05) is 40.5 Å². The minimum Gasteiger partial charge on any atom is -0.486 e. The molecule has 5 rings (SSSR count). The molecule has 7 heteroatoms. The second-order valence-corrected chi connectivity index (χ2v) is 8.30. The van der Waals surface area contributed by atoms with Crippen molar-refractivity contribution in [3.63, 3.8) is 0 Å². The molecule has 0 atom stereocenters. The number of nitrogens with one attached hydrogen (secondary N) is 2. The van der Waals surface area contributed by atoms with Crippen LogP contribution in [-0.4, -0.2) is 20.3 Å². The molecular formula is C22H21ClN4O2. The Labute approximate surface area is 172 Å². The molecule has 0 saturated heterocycles. The van der Waals surface area contributed by atoms with Crippen LogP contribution in [0, 0.1) is 5.41 Å².